The molecule has 1 aromatic rings. The van der Waals surface area contributed by atoms with E-state index in [-0.39, 0.29) is 0 Å². The monoisotopic (exact) mass is 285 g/mol. The van der Waals surface area contributed by atoms with Gasteiger partial charge >= 0.3 is 0 Å². The molecular weight excluding hydrogens is 266 g/mol. The standard InChI is InChI=1S/C14H20ClNOS/c1-14(2,3)7-4-8-17-12-6-5-10(13(16)18)9-11(12)15/h5-6,9H,4,7-8H2,1-3H3,(H2,16,18). The van der Waals surface area contributed by atoms with Crippen LogP contribution in [0.4, 0.5) is 0 Å². The van der Waals surface area contributed by atoms with Gasteiger partial charge in [0, 0.05) is 5.56 Å². The van der Waals surface area contributed by atoms with Gasteiger partial charge in [0.15, 0.2) is 0 Å². The van der Waals surface area contributed by atoms with E-state index in [1.165, 1.54) is 0 Å². The van der Waals surface area contributed by atoms with E-state index in [2.05, 4.69) is 20.8 Å². The first-order chi connectivity index (χ1) is 8.29. The summed E-state index contributed by atoms with van der Waals surface area (Å²) in [4.78, 5) is 0.344. The number of nitrogens with two attached hydrogens (primary N) is 1. The third-order valence-corrected chi connectivity index (χ3v) is 3.08. The zero-order chi connectivity index (χ0) is 13.8. The highest BCUT2D eigenvalue weighted by Gasteiger charge is 2.10. The van der Waals surface area contributed by atoms with Crippen LogP contribution < -0.4 is 10.5 Å². The fourth-order valence-electron chi connectivity index (χ4n) is 1.56. The average Bonchev–Trinajstić information content (AvgIpc) is 2.24. The lowest BCUT2D eigenvalue weighted by atomic mass is 9.91. The highest BCUT2D eigenvalue weighted by Crippen LogP contribution is 2.26. The smallest absolute Gasteiger partial charge is 0.137 e. The van der Waals surface area contributed by atoms with Crippen LogP contribution in [0.3, 0.4) is 0 Å². The van der Waals surface area contributed by atoms with Crippen molar-refractivity contribution in [2.24, 2.45) is 11.1 Å². The minimum atomic E-state index is 0.336. The molecule has 0 saturated carbocycles. The van der Waals surface area contributed by atoms with Crippen molar-refractivity contribution in [3.63, 3.8) is 0 Å². The van der Waals surface area contributed by atoms with E-state index in [1.807, 2.05) is 12.1 Å². The number of hydrogen-bond donors (Lipinski definition) is 1. The molecule has 2 nitrogen and oxygen atoms in total. The maximum atomic E-state index is 6.10. The van der Waals surface area contributed by atoms with Crippen LogP contribution in [0.5, 0.6) is 5.75 Å². The first-order valence-electron chi connectivity index (χ1n) is 6.02. The summed E-state index contributed by atoms with van der Waals surface area (Å²) in [5.74, 6) is 0.686. The average molecular weight is 286 g/mol. The number of rotatable bonds is 5. The molecule has 0 saturated heterocycles. The molecule has 0 bridgehead atoms. The van der Waals surface area contributed by atoms with E-state index >= 15 is 0 Å². The molecule has 0 fully saturated rings. The Morgan fingerprint density at radius 3 is 2.56 bits per heavy atom. The summed E-state index contributed by atoms with van der Waals surface area (Å²) < 4.78 is 5.65. The van der Waals surface area contributed by atoms with Gasteiger partial charge in [0.2, 0.25) is 0 Å². The predicted molar refractivity (Wildman–Crippen MR) is 81.5 cm³/mol. The fourth-order valence-corrected chi connectivity index (χ4v) is 1.92. The molecule has 0 amide bonds. The van der Waals surface area contributed by atoms with Gasteiger partial charge in [-0.3, -0.25) is 0 Å². The summed E-state index contributed by atoms with van der Waals surface area (Å²) >= 11 is 11.0. The largest absolute Gasteiger partial charge is 0.492 e. The molecule has 0 heterocycles. The van der Waals surface area contributed by atoms with Crippen LogP contribution in [0.1, 0.15) is 39.2 Å². The summed E-state index contributed by atoms with van der Waals surface area (Å²) in [6.07, 6.45) is 2.13. The summed E-state index contributed by atoms with van der Waals surface area (Å²) in [7, 11) is 0. The Balaban J connectivity index is 2.51. The Morgan fingerprint density at radius 1 is 1.39 bits per heavy atom. The molecule has 4 heteroatoms. The highest BCUT2D eigenvalue weighted by atomic mass is 35.5. The second-order valence-corrected chi connectivity index (χ2v) is 6.37. The van der Waals surface area contributed by atoms with Crippen LogP contribution >= 0.6 is 23.8 Å². The molecule has 0 atom stereocenters. The molecule has 1 aromatic carbocycles. The number of hydrogen-bond acceptors (Lipinski definition) is 2. The first kappa shape index (κ1) is 15.3. The molecule has 1 rings (SSSR count). The van der Waals surface area contributed by atoms with Gasteiger partial charge in [0.05, 0.1) is 11.6 Å². The molecule has 2 N–H and O–H groups in total. The lowest BCUT2D eigenvalue weighted by molar-refractivity contribution is 0.269. The fraction of sp³-hybridized carbons (Fsp3) is 0.500. The zero-order valence-electron chi connectivity index (χ0n) is 11.1. The molecule has 100 valence electrons. The van der Waals surface area contributed by atoms with Crippen LogP contribution in [0.2, 0.25) is 5.02 Å². The van der Waals surface area contributed by atoms with Gasteiger partial charge in [-0.2, -0.15) is 0 Å². The summed E-state index contributed by atoms with van der Waals surface area (Å²) in [6, 6.07) is 5.38. The van der Waals surface area contributed by atoms with Crippen molar-refractivity contribution in [1.82, 2.24) is 0 Å². The third kappa shape index (κ3) is 5.23. The van der Waals surface area contributed by atoms with Crippen LogP contribution in [-0.2, 0) is 0 Å². The third-order valence-electron chi connectivity index (χ3n) is 2.55. The Kier molecular flexibility index (Phi) is 5.42. The quantitative estimate of drug-likeness (QED) is 0.651. The van der Waals surface area contributed by atoms with Crippen molar-refractivity contribution in [2.45, 2.75) is 33.6 Å². The maximum absolute atomic E-state index is 6.10. The lowest BCUT2D eigenvalue weighted by Crippen LogP contribution is -2.10. The van der Waals surface area contributed by atoms with Gasteiger partial charge in [0.1, 0.15) is 10.7 Å². The van der Waals surface area contributed by atoms with Crippen molar-refractivity contribution < 1.29 is 4.74 Å². The molecule has 0 radical (unpaired) electrons. The Morgan fingerprint density at radius 2 is 2.06 bits per heavy atom. The SMILES string of the molecule is CC(C)(C)CCCOc1ccc(C(N)=S)cc1Cl. The van der Waals surface area contributed by atoms with E-state index in [0.717, 1.165) is 18.4 Å². The second kappa shape index (κ2) is 6.39. The minimum Gasteiger partial charge on any atom is -0.492 e. The van der Waals surface area contributed by atoms with Crippen molar-refractivity contribution in [3.05, 3.63) is 28.8 Å². The molecule has 0 aliphatic carbocycles. The number of benzene rings is 1. The molecule has 0 aliphatic heterocycles. The maximum Gasteiger partial charge on any atom is 0.137 e. The minimum absolute atomic E-state index is 0.336. The van der Waals surface area contributed by atoms with Gasteiger partial charge in [0.25, 0.3) is 0 Å². The van der Waals surface area contributed by atoms with E-state index in [9.17, 15) is 0 Å². The van der Waals surface area contributed by atoms with Gasteiger partial charge in [-0.1, -0.05) is 44.6 Å². The Labute approximate surface area is 119 Å². The zero-order valence-corrected chi connectivity index (χ0v) is 12.7. The Hall–Kier alpha value is -0.800. The Bertz CT molecular complexity index is 426. The van der Waals surface area contributed by atoms with E-state index in [0.29, 0.717) is 27.8 Å². The molecular formula is C14H20ClNOS. The highest BCUT2D eigenvalue weighted by molar-refractivity contribution is 7.80. The van der Waals surface area contributed by atoms with Crippen LogP contribution in [0.15, 0.2) is 18.2 Å². The van der Waals surface area contributed by atoms with Gasteiger partial charge < -0.3 is 10.5 Å². The number of halogens is 1. The topological polar surface area (TPSA) is 35.2 Å². The summed E-state index contributed by atoms with van der Waals surface area (Å²) in [5, 5.41) is 0.552. The lowest BCUT2D eigenvalue weighted by Gasteiger charge is -2.18. The van der Waals surface area contributed by atoms with Crippen LogP contribution in [0.25, 0.3) is 0 Å². The second-order valence-electron chi connectivity index (χ2n) is 5.52. The molecule has 0 aliphatic rings. The van der Waals surface area contributed by atoms with Crippen molar-refractivity contribution >= 4 is 28.8 Å². The number of ether oxygens (including phenoxy) is 1. The van der Waals surface area contributed by atoms with Crippen LogP contribution in [0, 0.1) is 5.41 Å². The van der Waals surface area contributed by atoms with E-state index < -0.39 is 0 Å². The number of thiocarbonyl (C=S) groups is 1. The molecule has 0 aromatic heterocycles. The van der Waals surface area contributed by atoms with Crippen molar-refractivity contribution in [2.75, 3.05) is 6.61 Å². The van der Waals surface area contributed by atoms with E-state index in [1.54, 1.807) is 6.07 Å². The first-order valence-corrected chi connectivity index (χ1v) is 6.80. The van der Waals surface area contributed by atoms with Crippen LogP contribution in [-0.4, -0.2) is 11.6 Å². The molecule has 18 heavy (non-hydrogen) atoms. The van der Waals surface area contributed by atoms with Crippen molar-refractivity contribution in [3.8, 4) is 5.75 Å². The van der Waals surface area contributed by atoms with Gasteiger partial charge in [-0.05, 0) is 36.5 Å². The van der Waals surface area contributed by atoms with Gasteiger partial charge in [-0.25, -0.2) is 0 Å². The van der Waals surface area contributed by atoms with Gasteiger partial charge in [-0.15, -0.1) is 0 Å². The van der Waals surface area contributed by atoms with E-state index in [4.69, 9.17) is 34.3 Å². The molecule has 0 unspecified atom stereocenters. The normalized spacial score (nSPS) is 11.3. The summed E-state index contributed by atoms with van der Waals surface area (Å²) in [6.45, 7) is 7.33. The summed E-state index contributed by atoms with van der Waals surface area (Å²) in [5.41, 5.74) is 6.63. The molecule has 0 spiro atoms. The van der Waals surface area contributed by atoms with Crippen molar-refractivity contribution in [1.29, 1.82) is 0 Å². The predicted octanol–water partition coefficient (Wildman–Crippen LogP) is 4.18.